The van der Waals surface area contributed by atoms with Crippen LogP contribution < -0.4 is 0 Å². The van der Waals surface area contributed by atoms with Crippen LogP contribution >= 0.6 is 0 Å². The molecule has 0 spiro atoms. The summed E-state index contributed by atoms with van der Waals surface area (Å²) in [6.07, 6.45) is -11.3. The van der Waals surface area contributed by atoms with E-state index in [1.807, 2.05) is 0 Å². The summed E-state index contributed by atoms with van der Waals surface area (Å²) in [6, 6.07) is 0. The van der Waals surface area contributed by atoms with Crippen LogP contribution in [-0.4, -0.2) is 74.6 Å². The second kappa shape index (κ2) is 6.06. The molecule has 1 aliphatic rings. The summed E-state index contributed by atoms with van der Waals surface area (Å²) in [5.41, 5.74) is 0. The Hall–Kier alpha value is -0.870. The minimum Gasteiger partial charge on any atom is -0.481 e. The lowest BCUT2D eigenvalue weighted by Crippen LogP contribution is -2.63. The molecule has 1 aliphatic heterocycles. The highest BCUT2D eigenvalue weighted by Gasteiger charge is 2.54. The van der Waals surface area contributed by atoms with Crippen LogP contribution in [0.1, 0.15) is 12.8 Å². The number of carbonyl (C=O) groups is 1. The largest absolute Gasteiger partial charge is 0.481 e. The van der Waals surface area contributed by atoms with Crippen molar-refractivity contribution < 1.29 is 43.8 Å². The molecule has 1 heterocycles. The fourth-order valence-electron chi connectivity index (χ4n) is 1.87. The highest BCUT2D eigenvalue weighted by atomic mass is 19.3. The van der Waals surface area contributed by atoms with Crippen LogP contribution in [-0.2, 0) is 9.53 Å². The molecule has 7 nitrogen and oxygen atoms in total. The lowest BCUT2D eigenvalue weighted by molar-refractivity contribution is -0.281. The third-order valence-electron chi connectivity index (χ3n) is 2.98. The summed E-state index contributed by atoms with van der Waals surface area (Å²) >= 11 is 0. The number of hydrogen-bond donors (Lipinski definition) is 5. The monoisotopic (exact) mass is 286 g/mol. The van der Waals surface area contributed by atoms with Gasteiger partial charge >= 0.3 is 5.97 Å². The number of aliphatic hydroxyl groups is 4. The van der Waals surface area contributed by atoms with E-state index >= 15 is 0 Å². The second-order valence-electron chi connectivity index (χ2n) is 4.40. The Balaban J connectivity index is 2.82. The first-order valence-electron chi connectivity index (χ1n) is 5.61. The van der Waals surface area contributed by atoms with Gasteiger partial charge in [-0.15, -0.1) is 0 Å². The second-order valence-corrected chi connectivity index (χ2v) is 4.40. The quantitative estimate of drug-likeness (QED) is 0.409. The number of halogens is 2. The van der Waals surface area contributed by atoms with Gasteiger partial charge in [0.05, 0.1) is 13.0 Å². The van der Waals surface area contributed by atoms with Crippen LogP contribution in [0, 0.1) is 0 Å². The van der Waals surface area contributed by atoms with Gasteiger partial charge in [0.2, 0.25) is 0 Å². The average molecular weight is 286 g/mol. The zero-order valence-corrected chi connectivity index (χ0v) is 9.82. The maximum absolute atomic E-state index is 13.7. The molecule has 1 rings (SSSR count). The number of aliphatic carboxylic acids is 1. The summed E-state index contributed by atoms with van der Waals surface area (Å²) in [7, 11) is 0. The molecule has 0 radical (unpaired) electrons. The fourth-order valence-corrected chi connectivity index (χ4v) is 1.87. The number of carboxylic acids is 1. The van der Waals surface area contributed by atoms with E-state index in [-0.39, 0.29) is 0 Å². The third-order valence-corrected chi connectivity index (χ3v) is 2.98. The first kappa shape index (κ1) is 16.2. The van der Waals surface area contributed by atoms with Gasteiger partial charge in [0.1, 0.15) is 30.5 Å². The molecular formula is C10H16F2O7. The lowest BCUT2D eigenvalue weighted by Gasteiger charge is -2.42. The molecule has 1 fully saturated rings. The highest BCUT2D eigenvalue weighted by Crippen LogP contribution is 2.35. The van der Waals surface area contributed by atoms with Crippen molar-refractivity contribution in [1.29, 1.82) is 0 Å². The fraction of sp³-hybridized carbons (Fsp3) is 0.900. The Morgan fingerprint density at radius 2 is 1.74 bits per heavy atom. The van der Waals surface area contributed by atoms with E-state index in [2.05, 4.69) is 4.74 Å². The molecule has 0 amide bonds. The van der Waals surface area contributed by atoms with E-state index in [0.29, 0.717) is 0 Å². The van der Waals surface area contributed by atoms with Crippen molar-refractivity contribution in [2.24, 2.45) is 0 Å². The molecule has 0 saturated carbocycles. The maximum atomic E-state index is 13.7. The summed E-state index contributed by atoms with van der Waals surface area (Å²) < 4.78 is 32.1. The summed E-state index contributed by atoms with van der Waals surface area (Å²) in [4.78, 5) is 10.3. The van der Waals surface area contributed by atoms with Crippen LogP contribution in [0.2, 0.25) is 0 Å². The molecule has 19 heavy (non-hydrogen) atoms. The van der Waals surface area contributed by atoms with Crippen molar-refractivity contribution in [3.8, 4) is 0 Å². The van der Waals surface area contributed by atoms with Gasteiger partial charge in [-0.3, -0.25) is 4.79 Å². The first-order valence-corrected chi connectivity index (χ1v) is 5.61. The predicted molar refractivity (Wildman–Crippen MR) is 55.6 cm³/mol. The molecule has 1 saturated heterocycles. The van der Waals surface area contributed by atoms with Gasteiger partial charge in [0.25, 0.3) is 5.92 Å². The molecule has 0 bridgehead atoms. The number of alkyl halides is 2. The number of ether oxygens (including phenoxy) is 1. The average Bonchev–Trinajstić information content (AvgIpc) is 2.34. The van der Waals surface area contributed by atoms with Crippen molar-refractivity contribution in [3.05, 3.63) is 0 Å². The summed E-state index contributed by atoms with van der Waals surface area (Å²) in [6.45, 7) is -0.823. The topological polar surface area (TPSA) is 127 Å². The predicted octanol–water partition coefficient (Wildman–Crippen LogP) is -1.67. The minimum atomic E-state index is -3.72. The summed E-state index contributed by atoms with van der Waals surface area (Å²) in [5, 5.41) is 45.5. The van der Waals surface area contributed by atoms with E-state index in [4.69, 9.17) is 10.2 Å². The molecule has 5 unspecified atom stereocenters. The maximum Gasteiger partial charge on any atom is 0.303 e. The van der Waals surface area contributed by atoms with Crippen molar-refractivity contribution in [1.82, 2.24) is 0 Å². The highest BCUT2D eigenvalue weighted by molar-refractivity contribution is 5.66. The number of carboxylic acid groups (broad SMARTS) is 1. The molecule has 0 aromatic heterocycles. The van der Waals surface area contributed by atoms with Gasteiger partial charge in [-0.2, -0.15) is 0 Å². The van der Waals surface area contributed by atoms with Crippen molar-refractivity contribution >= 4 is 5.97 Å². The Morgan fingerprint density at radius 1 is 1.16 bits per heavy atom. The van der Waals surface area contributed by atoms with Gasteiger partial charge in [0, 0.05) is 6.42 Å². The molecule has 9 heteroatoms. The molecule has 5 atom stereocenters. The van der Waals surface area contributed by atoms with Crippen molar-refractivity contribution in [3.63, 3.8) is 0 Å². The zero-order valence-electron chi connectivity index (χ0n) is 9.82. The third kappa shape index (κ3) is 3.57. The van der Waals surface area contributed by atoms with Gasteiger partial charge in [-0.1, -0.05) is 0 Å². The van der Waals surface area contributed by atoms with Crippen LogP contribution in [0.5, 0.6) is 0 Å². The number of aliphatic hydroxyl groups excluding tert-OH is 4. The molecule has 0 aromatic rings. The normalized spacial score (nSPS) is 36.2. The summed E-state index contributed by atoms with van der Waals surface area (Å²) in [5.74, 6) is -5.16. The van der Waals surface area contributed by atoms with Gasteiger partial charge in [-0.05, 0) is 0 Å². The minimum absolute atomic E-state index is 0.823. The Morgan fingerprint density at radius 3 is 2.21 bits per heavy atom. The van der Waals surface area contributed by atoms with Crippen molar-refractivity contribution in [2.45, 2.75) is 49.3 Å². The van der Waals surface area contributed by atoms with E-state index in [9.17, 15) is 28.9 Å². The van der Waals surface area contributed by atoms with Crippen LogP contribution in [0.25, 0.3) is 0 Å². The Bertz CT molecular complexity index is 323. The zero-order chi connectivity index (χ0) is 14.8. The van der Waals surface area contributed by atoms with E-state index in [1.165, 1.54) is 0 Å². The van der Waals surface area contributed by atoms with E-state index in [1.54, 1.807) is 0 Å². The standard InChI is InChI=1S/C10H16F2O7/c11-10(12,2-1-5(14)15)9-8(18)7(17)6(16)4(3-13)19-9/h4,6-9,13,16-18H,1-3H2,(H,14,15). The number of hydrogen-bond acceptors (Lipinski definition) is 6. The van der Waals surface area contributed by atoms with Gasteiger partial charge in [0.15, 0.2) is 0 Å². The molecule has 5 N–H and O–H groups in total. The number of rotatable bonds is 5. The van der Waals surface area contributed by atoms with Crippen LogP contribution in [0.15, 0.2) is 0 Å². The Kier molecular flexibility index (Phi) is 5.16. The first-order chi connectivity index (χ1) is 8.70. The molecule has 0 aromatic carbocycles. The van der Waals surface area contributed by atoms with E-state index < -0.39 is 61.9 Å². The molecular weight excluding hydrogens is 270 g/mol. The van der Waals surface area contributed by atoms with Gasteiger partial charge < -0.3 is 30.3 Å². The van der Waals surface area contributed by atoms with Crippen LogP contribution in [0.3, 0.4) is 0 Å². The Labute approximate surface area is 107 Å². The molecule has 0 aliphatic carbocycles. The smallest absolute Gasteiger partial charge is 0.303 e. The van der Waals surface area contributed by atoms with E-state index in [0.717, 1.165) is 0 Å². The van der Waals surface area contributed by atoms with Crippen molar-refractivity contribution in [2.75, 3.05) is 6.61 Å². The van der Waals surface area contributed by atoms with Gasteiger partial charge in [-0.25, -0.2) is 8.78 Å². The lowest BCUT2D eigenvalue weighted by atomic mass is 9.90. The molecule has 112 valence electrons. The SMILES string of the molecule is O=C(O)CCC(F)(F)C1OC(CO)C(O)C(O)C1O. The van der Waals surface area contributed by atoms with Crippen LogP contribution in [0.4, 0.5) is 8.78 Å².